The lowest BCUT2D eigenvalue weighted by atomic mass is 10.1. The molecule has 0 saturated carbocycles. The molecule has 0 atom stereocenters. The largest absolute Gasteiger partial charge is 0.340 e. The Balaban J connectivity index is 2.62. The van der Waals surface area contributed by atoms with E-state index in [-0.39, 0.29) is 16.2 Å². The van der Waals surface area contributed by atoms with Gasteiger partial charge >= 0.3 is 0 Å². The number of rotatable bonds is 8. The third kappa shape index (κ3) is 5.18. The summed E-state index contributed by atoms with van der Waals surface area (Å²) >= 11 is 3.27. The lowest BCUT2D eigenvalue weighted by Gasteiger charge is -2.25. The van der Waals surface area contributed by atoms with Crippen molar-refractivity contribution in [3.63, 3.8) is 0 Å². The van der Waals surface area contributed by atoms with E-state index >= 15 is 0 Å². The molecule has 0 heterocycles. The minimum Gasteiger partial charge on any atom is -0.340 e. The summed E-state index contributed by atoms with van der Waals surface area (Å²) < 4.78 is 0.231. The van der Waals surface area contributed by atoms with E-state index in [2.05, 4.69) is 30.5 Å². The predicted octanol–water partition coefficient (Wildman–Crippen LogP) is 4.33. The van der Waals surface area contributed by atoms with E-state index in [1.807, 2.05) is 5.84 Å². The smallest absolute Gasteiger partial charge is 0.275 e. The first-order chi connectivity index (χ1) is 9.06. The van der Waals surface area contributed by atoms with E-state index in [4.69, 9.17) is 10.5 Å². The van der Waals surface area contributed by atoms with Crippen molar-refractivity contribution < 1.29 is 20.3 Å². The Kier molecular flexibility index (Phi) is 6.92. The maximum absolute atomic E-state index is 8.65. The molecule has 105 valence electrons. The van der Waals surface area contributed by atoms with Crippen LogP contribution in [0, 0.1) is 0 Å². The van der Waals surface area contributed by atoms with Crippen LogP contribution in [0.1, 0.15) is 33.6 Å². The second-order valence-corrected chi connectivity index (χ2v) is 7.01. The normalized spacial score (nSPS) is 11.2. The minimum atomic E-state index is 0.223. The quantitative estimate of drug-likeness (QED) is 0.423. The molecule has 1 aromatic rings. The molecule has 0 fully saturated rings. The monoisotopic (exact) mass is 301 g/mol. The van der Waals surface area contributed by atoms with Gasteiger partial charge in [-0.25, -0.2) is 10.5 Å². The van der Waals surface area contributed by atoms with Crippen LogP contribution < -0.4 is 9.78 Å². The maximum Gasteiger partial charge on any atom is 0.275 e. The summed E-state index contributed by atoms with van der Waals surface area (Å²) in [5, 5.41) is 17.3. The fourth-order valence-electron chi connectivity index (χ4n) is 1.33. The van der Waals surface area contributed by atoms with Gasteiger partial charge in [0.05, 0.1) is 0 Å². The Bertz CT molecular complexity index is 377. The molecule has 4 nitrogen and oxygen atoms in total. The molecule has 1 rings (SSSR count). The molecular formula is C12H18BO4S2. The van der Waals surface area contributed by atoms with Gasteiger partial charge in [-0.2, -0.15) is 23.2 Å². The van der Waals surface area contributed by atoms with E-state index in [1.54, 1.807) is 23.7 Å². The molecule has 0 aliphatic carbocycles. The van der Waals surface area contributed by atoms with E-state index in [9.17, 15) is 0 Å². The Morgan fingerprint density at radius 1 is 1.11 bits per heavy atom. The molecule has 0 amide bonds. The van der Waals surface area contributed by atoms with Gasteiger partial charge in [0.2, 0.25) is 0 Å². The zero-order chi connectivity index (χ0) is 14.3. The second kappa shape index (κ2) is 7.94. The molecule has 0 aliphatic rings. The highest BCUT2D eigenvalue weighted by Gasteiger charge is 2.20. The summed E-state index contributed by atoms with van der Waals surface area (Å²) in [6.45, 7) is 6.57. The van der Waals surface area contributed by atoms with Crippen molar-refractivity contribution in [2.45, 2.75) is 43.3 Å². The average Bonchev–Trinajstić information content (AvgIpc) is 2.46. The van der Waals surface area contributed by atoms with E-state index in [0.717, 1.165) is 17.7 Å². The van der Waals surface area contributed by atoms with Crippen molar-refractivity contribution in [3.05, 3.63) is 18.2 Å². The molecule has 0 unspecified atom stereocenters. The molecule has 1 radical (unpaired) electrons. The highest BCUT2D eigenvalue weighted by Crippen LogP contribution is 2.36. The average molecular weight is 301 g/mol. The lowest BCUT2D eigenvalue weighted by Crippen LogP contribution is -2.17. The third-order valence-corrected chi connectivity index (χ3v) is 5.50. The third-order valence-electron chi connectivity index (χ3n) is 3.08. The van der Waals surface area contributed by atoms with Crippen LogP contribution in [-0.2, 0) is 0 Å². The fourth-order valence-corrected chi connectivity index (χ4v) is 3.60. The van der Waals surface area contributed by atoms with Crippen LogP contribution in [0.3, 0.4) is 0 Å². The molecule has 2 N–H and O–H groups in total. The van der Waals surface area contributed by atoms with E-state index < -0.39 is 0 Å². The summed E-state index contributed by atoms with van der Waals surface area (Å²) in [5.41, 5.74) is 0. The number of benzene rings is 1. The SMILES string of the molecule is CCC(C)(CC)S[B]Sc1cc(OO)cc(OO)c1. The van der Waals surface area contributed by atoms with Crippen LogP contribution in [0.2, 0.25) is 0 Å². The van der Waals surface area contributed by atoms with Crippen molar-refractivity contribution >= 4 is 29.1 Å². The van der Waals surface area contributed by atoms with Crippen LogP contribution >= 0.6 is 23.2 Å². The van der Waals surface area contributed by atoms with E-state index in [0.29, 0.717) is 0 Å². The van der Waals surface area contributed by atoms with Crippen molar-refractivity contribution in [1.82, 2.24) is 0 Å². The molecular weight excluding hydrogens is 283 g/mol. The Morgan fingerprint density at radius 2 is 1.63 bits per heavy atom. The fraction of sp³-hybridized carbons (Fsp3) is 0.500. The van der Waals surface area contributed by atoms with Crippen molar-refractivity contribution in [2.75, 3.05) is 0 Å². The Labute approximate surface area is 122 Å². The van der Waals surface area contributed by atoms with Crippen LogP contribution in [0.15, 0.2) is 23.1 Å². The highest BCUT2D eigenvalue weighted by molar-refractivity contribution is 8.51. The van der Waals surface area contributed by atoms with Gasteiger partial charge in [0, 0.05) is 15.7 Å². The van der Waals surface area contributed by atoms with Gasteiger partial charge in [0.1, 0.15) is 0 Å². The van der Waals surface area contributed by atoms with Crippen molar-refractivity contribution in [2.24, 2.45) is 0 Å². The topological polar surface area (TPSA) is 58.9 Å². The van der Waals surface area contributed by atoms with Gasteiger partial charge in [-0.05, 0) is 25.0 Å². The second-order valence-electron chi connectivity index (χ2n) is 4.31. The first-order valence-corrected chi connectivity index (χ1v) is 7.77. The Hall–Kier alpha value is -0.495. The molecule has 0 bridgehead atoms. The molecule has 7 heteroatoms. The number of hydrogen-bond donors (Lipinski definition) is 2. The van der Waals surface area contributed by atoms with Gasteiger partial charge in [-0.3, -0.25) is 0 Å². The molecule has 0 aromatic heterocycles. The number of hydrogen-bond acceptors (Lipinski definition) is 6. The summed E-state index contributed by atoms with van der Waals surface area (Å²) in [7, 11) is 0. The van der Waals surface area contributed by atoms with Crippen molar-refractivity contribution in [3.8, 4) is 11.5 Å². The molecule has 1 aromatic carbocycles. The summed E-state index contributed by atoms with van der Waals surface area (Å²) in [6, 6.07) is 4.72. The first-order valence-electron chi connectivity index (χ1n) is 6.01. The molecule has 19 heavy (non-hydrogen) atoms. The van der Waals surface area contributed by atoms with Gasteiger partial charge in [0.15, 0.2) is 11.5 Å². The molecule has 0 saturated heterocycles. The summed E-state index contributed by atoms with van der Waals surface area (Å²) in [5.74, 6) is 2.49. The van der Waals surface area contributed by atoms with Crippen molar-refractivity contribution in [1.29, 1.82) is 0 Å². The standard InChI is InChI=1S/C12H18BO4S2/c1-4-12(3,5-2)19-13-18-11-7-9(16-14)6-10(8-11)17-15/h6-8,14-15H,4-5H2,1-3H3. The summed E-state index contributed by atoms with van der Waals surface area (Å²) in [4.78, 5) is 9.14. The van der Waals surface area contributed by atoms with Gasteiger partial charge in [-0.1, -0.05) is 20.8 Å². The van der Waals surface area contributed by atoms with Gasteiger partial charge in [0.25, 0.3) is 5.84 Å². The molecule has 0 spiro atoms. The van der Waals surface area contributed by atoms with E-state index in [1.165, 1.54) is 17.7 Å². The van der Waals surface area contributed by atoms with Crippen LogP contribution in [0.4, 0.5) is 0 Å². The van der Waals surface area contributed by atoms with Crippen LogP contribution in [0.5, 0.6) is 11.5 Å². The van der Waals surface area contributed by atoms with Crippen LogP contribution in [-0.4, -0.2) is 21.1 Å². The zero-order valence-corrected chi connectivity index (χ0v) is 12.9. The highest BCUT2D eigenvalue weighted by atomic mass is 32.2. The zero-order valence-electron chi connectivity index (χ0n) is 11.3. The predicted molar refractivity (Wildman–Crippen MR) is 81.1 cm³/mol. The maximum atomic E-state index is 8.65. The Morgan fingerprint density at radius 3 is 2.05 bits per heavy atom. The van der Waals surface area contributed by atoms with Crippen LogP contribution in [0.25, 0.3) is 0 Å². The minimum absolute atomic E-state index is 0.223. The first kappa shape index (κ1) is 16.6. The summed E-state index contributed by atoms with van der Waals surface area (Å²) in [6.07, 6.45) is 2.19. The lowest BCUT2D eigenvalue weighted by molar-refractivity contribution is -0.145. The molecule has 0 aliphatic heterocycles. The van der Waals surface area contributed by atoms with Gasteiger partial charge in [-0.15, -0.1) is 0 Å². The van der Waals surface area contributed by atoms with Gasteiger partial charge < -0.3 is 9.78 Å².